The van der Waals surface area contributed by atoms with Gasteiger partial charge in [-0.05, 0) is 48.6 Å². The second-order valence-electron chi connectivity index (χ2n) is 4.36. The smallest absolute Gasteiger partial charge is 0.550 e. The molecule has 0 amide bonds. The van der Waals surface area contributed by atoms with E-state index in [4.69, 9.17) is 0 Å². The molecule has 0 aliphatic carbocycles. The summed E-state index contributed by atoms with van der Waals surface area (Å²) in [6, 6.07) is 0. The fourth-order valence-corrected chi connectivity index (χ4v) is 1.61. The first-order valence-corrected chi connectivity index (χ1v) is 8.08. The van der Waals surface area contributed by atoms with Gasteiger partial charge < -0.3 is 9.90 Å². The van der Waals surface area contributed by atoms with Crippen LogP contribution in [0.2, 0.25) is 0 Å². The molecule has 0 aromatic carbocycles. The molecule has 0 aromatic heterocycles. The van der Waals surface area contributed by atoms with Gasteiger partial charge in [-0.2, -0.15) is 0 Å². The summed E-state index contributed by atoms with van der Waals surface area (Å²) in [7, 11) is 0. The molecule has 0 atom stereocenters. The standard InChI is InChI=1S/C18H21BrO2.K/c19-17-15-13-11-9-7-5-3-1-2-4-6-8-10-12-14-16-18(20)21;/h15,17H,1-3,5,7,9,12,14,16H2,(H,20,21);/q;+1/p-1/b17-15+;. The largest absolute Gasteiger partial charge is 1.00 e. The SMILES string of the molecule is O=C([O-])CCCC#CC#CCCCCCCC#C/C=C/Br.[K+]. The van der Waals surface area contributed by atoms with Gasteiger partial charge in [-0.3, -0.25) is 0 Å². The first kappa shape index (κ1) is 24.3. The minimum Gasteiger partial charge on any atom is -0.550 e. The summed E-state index contributed by atoms with van der Waals surface area (Å²) in [5.74, 6) is 16.4. The number of carboxylic acids is 1. The number of halogens is 1. The van der Waals surface area contributed by atoms with Gasteiger partial charge in [-0.25, -0.2) is 0 Å². The zero-order chi connectivity index (χ0) is 15.6. The Balaban J connectivity index is 0. The Morgan fingerprint density at radius 1 is 0.909 bits per heavy atom. The van der Waals surface area contributed by atoms with Gasteiger partial charge >= 0.3 is 51.4 Å². The number of carbonyl (C=O) groups is 1. The topological polar surface area (TPSA) is 40.1 Å². The van der Waals surface area contributed by atoms with Crippen molar-refractivity contribution in [1.82, 2.24) is 0 Å². The molecule has 112 valence electrons. The summed E-state index contributed by atoms with van der Waals surface area (Å²) in [6.45, 7) is 0. The maximum atomic E-state index is 10.1. The number of carbonyl (C=O) groups excluding carboxylic acids is 1. The minimum atomic E-state index is -1.02. The zero-order valence-corrected chi connectivity index (χ0v) is 17.9. The van der Waals surface area contributed by atoms with Crippen molar-refractivity contribution in [2.75, 3.05) is 0 Å². The Hall–Kier alpha value is 0.00636. The van der Waals surface area contributed by atoms with E-state index in [-0.39, 0.29) is 57.8 Å². The number of unbranched alkanes of at least 4 members (excludes halogenated alkanes) is 6. The van der Waals surface area contributed by atoms with Crippen molar-refractivity contribution in [1.29, 1.82) is 0 Å². The molecular weight excluding hydrogens is 367 g/mol. The van der Waals surface area contributed by atoms with Crippen LogP contribution >= 0.6 is 15.9 Å². The van der Waals surface area contributed by atoms with Crippen molar-refractivity contribution in [3.8, 4) is 35.5 Å². The van der Waals surface area contributed by atoms with Crippen LogP contribution in [-0.2, 0) is 4.79 Å². The summed E-state index contributed by atoms with van der Waals surface area (Å²) < 4.78 is 0. The summed E-state index contributed by atoms with van der Waals surface area (Å²) in [6.07, 6.45) is 9.34. The predicted molar refractivity (Wildman–Crippen MR) is 88.0 cm³/mol. The normalized spacial score (nSPS) is 8.59. The van der Waals surface area contributed by atoms with Crippen LogP contribution in [0.25, 0.3) is 0 Å². The molecule has 0 fully saturated rings. The van der Waals surface area contributed by atoms with Gasteiger partial charge in [0.2, 0.25) is 0 Å². The van der Waals surface area contributed by atoms with E-state index in [2.05, 4.69) is 51.5 Å². The number of hydrogen-bond acceptors (Lipinski definition) is 2. The molecule has 0 heterocycles. The summed E-state index contributed by atoms with van der Waals surface area (Å²) >= 11 is 3.16. The molecule has 22 heavy (non-hydrogen) atoms. The van der Waals surface area contributed by atoms with Crippen molar-refractivity contribution >= 4 is 21.9 Å². The van der Waals surface area contributed by atoms with Crippen LogP contribution in [0, 0.1) is 35.5 Å². The van der Waals surface area contributed by atoms with E-state index >= 15 is 0 Å². The Morgan fingerprint density at radius 3 is 2.00 bits per heavy atom. The van der Waals surface area contributed by atoms with Crippen LogP contribution in [-0.4, -0.2) is 5.97 Å². The third kappa shape index (κ3) is 22.3. The second-order valence-corrected chi connectivity index (χ2v) is 4.89. The fourth-order valence-electron chi connectivity index (χ4n) is 1.48. The summed E-state index contributed by atoms with van der Waals surface area (Å²) in [4.78, 5) is 11.9. The van der Waals surface area contributed by atoms with Gasteiger partial charge in [0.15, 0.2) is 0 Å². The fraction of sp³-hybridized carbons (Fsp3) is 0.500. The summed E-state index contributed by atoms with van der Waals surface area (Å²) in [5, 5.41) is 10.1. The van der Waals surface area contributed by atoms with Crippen LogP contribution in [0.1, 0.15) is 57.8 Å². The van der Waals surface area contributed by atoms with Gasteiger partial charge in [0.05, 0.1) is 0 Å². The van der Waals surface area contributed by atoms with Crippen molar-refractivity contribution in [3.63, 3.8) is 0 Å². The Morgan fingerprint density at radius 2 is 1.45 bits per heavy atom. The van der Waals surface area contributed by atoms with E-state index in [9.17, 15) is 9.90 Å². The van der Waals surface area contributed by atoms with Gasteiger partial charge in [0, 0.05) is 25.2 Å². The third-order valence-corrected chi connectivity index (χ3v) is 2.79. The Labute approximate surface area is 185 Å². The van der Waals surface area contributed by atoms with Crippen LogP contribution < -0.4 is 56.5 Å². The monoisotopic (exact) mass is 386 g/mol. The van der Waals surface area contributed by atoms with E-state index in [1.54, 1.807) is 11.1 Å². The van der Waals surface area contributed by atoms with Gasteiger partial charge in [-0.15, -0.1) is 0 Å². The molecule has 0 aromatic rings. The first-order chi connectivity index (χ1) is 10.3. The van der Waals surface area contributed by atoms with E-state index in [0.717, 1.165) is 25.7 Å². The van der Waals surface area contributed by atoms with Crippen molar-refractivity contribution in [3.05, 3.63) is 11.1 Å². The molecule has 0 rings (SSSR count). The molecule has 0 unspecified atom stereocenters. The third-order valence-electron chi connectivity index (χ3n) is 2.52. The van der Waals surface area contributed by atoms with E-state index < -0.39 is 5.97 Å². The summed E-state index contributed by atoms with van der Waals surface area (Å²) in [5.41, 5.74) is 0. The van der Waals surface area contributed by atoms with Gasteiger partial charge in [0.1, 0.15) is 0 Å². The zero-order valence-electron chi connectivity index (χ0n) is 13.2. The molecule has 0 radical (unpaired) electrons. The van der Waals surface area contributed by atoms with Crippen LogP contribution in [0.5, 0.6) is 0 Å². The minimum absolute atomic E-state index is 0. The second kappa shape index (κ2) is 21.0. The number of aliphatic carboxylic acids is 1. The van der Waals surface area contributed by atoms with E-state index in [0.29, 0.717) is 12.8 Å². The molecule has 0 bridgehead atoms. The molecule has 0 aliphatic heterocycles. The number of rotatable bonds is 8. The van der Waals surface area contributed by atoms with Gasteiger partial charge in [0.25, 0.3) is 0 Å². The van der Waals surface area contributed by atoms with Gasteiger partial charge in [-0.1, -0.05) is 52.5 Å². The average molecular weight is 387 g/mol. The molecular formula is C18H20BrKO2. The van der Waals surface area contributed by atoms with Crippen LogP contribution in [0.4, 0.5) is 0 Å². The maximum absolute atomic E-state index is 10.1. The molecule has 0 spiro atoms. The van der Waals surface area contributed by atoms with Crippen LogP contribution in [0.3, 0.4) is 0 Å². The molecule has 4 heteroatoms. The number of allylic oxidation sites excluding steroid dienone is 1. The van der Waals surface area contributed by atoms with Crippen molar-refractivity contribution in [2.45, 2.75) is 57.8 Å². The quantitative estimate of drug-likeness (QED) is 0.339. The Bertz CT molecular complexity index is 492. The van der Waals surface area contributed by atoms with E-state index in [1.165, 1.54) is 12.8 Å². The molecule has 0 aliphatic rings. The average Bonchev–Trinajstić information content (AvgIpc) is 2.46. The predicted octanol–water partition coefficient (Wildman–Crippen LogP) is 0.170. The molecule has 0 saturated carbocycles. The number of hydrogen-bond donors (Lipinski definition) is 0. The molecule has 0 N–H and O–H groups in total. The van der Waals surface area contributed by atoms with E-state index in [1.807, 2.05) is 0 Å². The molecule has 0 saturated heterocycles. The maximum Gasteiger partial charge on any atom is 1.00 e. The van der Waals surface area contributed by atoms with Crippen molar-refractivity contribution in [2.24, 2.45) is 0 Å². The van der Waals surface area contributed by atoms with Crippen molar-refractivity contribution < 1.29 is 61.3 Å². The molecule has 2 nitrogen and oxygen atoms in total. The Kier molecular flexibility index (Phi) is 23.2. The first-order valence-electron chi connectivity index (χ1n) is 7.16. The number of carboxylic acid groups (broad SMARTS) is 1. The van der Waals surface area contributed by atoms with Crippen LogP contribution in [0.15, 0.2) is 11.1 Å².